The summed E-state index contributed by atoms with van der Waals surface area (Å²) < 4.78 is 10.5. The van der Waals surface area contributed by atoms with Crippen molar-refractivity contribution in [3.05, 3.63) is 71.9 Å². The molecule has 0 saturated carbocycles. The van der Waals surface area contributed by atoms with Crippen LogP contribution in [-0.2, 0) is 4.74 Å². The molecular formula is C21H20N2O4. The maximum absolute atomic E-state index is 12.3. The van der Waals surface area contributed by atoms with E-state index in [1.54, 1.807) is 30.5 Å². The third kappa shape index (κ3) is 4.41. The number of aromatic nitrogens is 1. The Morgan fingerprint density at radius 2 is 1.78 bits per heavy atom. The molecule has 1 heterocycles. The standard InChI is InChI=1S/C21H20N2O4/c1-26-21(25)17-10-3-2-9-16(17)20(24)23-13-6-14-27-18-11-4-7-15-8-5-12-22-19(15)18/h2-5,7-12H,6,13-14H2,1H3,(H,23,24). The Morgan fingerprint density at radius 3 is 2.59 bits per heavy atom. The van der Waals surface area contributed by atoms with Crippen LogP contribution in [0.15, 0.2) is 60.8 Å². The molecule has 1 amide bonds. The van der Waals surface area contributed by atoms with Crippen LogP contribution in [0.5, 0.6) is 5.75 Å². The van der Waals surface area contributed by atoms with Gasteiger partial charge in [0.25, 0.3) is 5.91 Å². The fourth-order valence-corrected chi connectivity index (χ4v) is 2.71. The zero-order chi connectivity index (χ0) is 19.1. The molecule has 0 fully saturated rings. The molecule has 0 aliphatic heterocycles. The van der Waals surface area contributed by atoms with Crippen LogP contribution in [0.1, 0.15) is 27.1 Å². The molecule has 6 heteroatoms. The summed E-state index contributed by atoms with van der Waals surface area (Å²) in [6, 6.07) is 16.2. The van der Waals surface area contributed by atoms with Crippen LogP contribution >= 0.6 is 0 Å². The molecule has 2 aromatic carbocycles. The first-order chi connectivity index (χ1) is 13.2. The molecule has 0 aliphatic carbocycles. The van der Waals surface area contributed by atoms with E-state index in [-0.39, 0.29) is 11.5 Å². The molecular weight excluding hydrogens is 344 g/mol. The lowest BCUT2D eigenvalue weighted by molar-refractivity contribution is 0.0596. The maximum atomic E-state index is 12.3. The van der Waals surface area contributed by atoms with E-state index in [2.05, 4.69) is 10.3 Å². The molecule has 0 aliphatic rings. The van der Waals surface area contributed by atoms with Gasteiger partial charge in [0.2, 0.25) is 0 Å². The number of nitrogens with one attached hydrogen (secondary N) is 1. The van der Waals surface area contributed by atoms with Gasteiger partial charge in [-0.2, -0.15) is 0 Å². The predicted molar refractivity (Wildman–Crippen MR) is 102 cm³/mol. The minimum absolute atomic E-state index is 0.246. The van der Waals surface area contributed by atoms with Gasteiger partial charge in [0.15, 0.2) is 0 Å². The lowest BCUT2D eigenvalue weighted by Gasteiger charge is -2.10. The number of para-hydroxylation sites is 1. The Bertz CT molecular complexity index is 950. The number of hydrogen-bond acceptors (Lipinski definition) is 5. The highest BCUT2D eigenvalue weighted by atomic mass is 16.5. The quantitative estimate of drug-likeness (QED) is 0.514. The number of nitrogens with zero attached hydrogens (tertiary/aromatic N) is 1. The van der Waals surface area contributed by atoms with Crippen molar-refractivity contribution in [3.8, 4) is 5.75 Å². The molecule has 0 saturated heterocycles. The van der Waals surface area contributed by atoms with Gasteiger partial charge in [0, 0.05) is 18.1 Å². The smallest absolute Gasteiger partial charge is 0.338 e. The number of rotatable bonds is 7. The van der Waals surface area contributed by atoms with Gasteiger partial charge in [-0.1, -0.05) is 30.3 Å². The van der Waals surface area contributed by atoms with Crippen LogP contribution in [-0.4, -0.2) is 37.1 Å². The van der Waals surface area contributed by atoms with E-state index in [0.717, 1.165) is 16.7 Å². The van der Waals surface area contributed by atoms with Gasteiger partial charge in [0.05, 0.1) is 24.8 Å². The second-order valence-corrected chi connectivity index (χ2v) is 5.83. The van der Waals surface area contributed by atoms with Crippen LogP contribution in [0.4, 0.5) is 0 Å². The fraction of sp³-hybridized carbons (Fsp3) is 0.190. The molecule has 0 bridgehead atoms. The van der Waals surface area contributed by atoms with Crippen LogP contribution < -0.4 is 10.1 Å². The van der Waals surface area contributed by atoms with Crippen LogP contribution in [0.25, 0.3) is 10.9 Å². The normalized spacial score (nSPS) is 10.4. The third-order valence-corrected chi connectivity index (χ3v) is 4.04. The molecule has 138 valence electrons. The average Bonchev–Trinajstić information content (AvgIpc) is 2.73. The molecule has 0 radical (unpaired) electrons. The van der Waals surface area contributed by atoms with Crippen molar-refractivity contribution in [2.24, 2.45) is 0 Å². The van der Waals surface area contributed by atoms with Crippen molar-refractivity contribution >= 4 is 22.8 Å². The first-order valence-corrected chi connectivity index (χ1v) is 8.63. The topological polar surface area (TPSA) is 77.5 Å². The van der Waals surface area contributed by atoms with Crippen molar-refractivity contribution in [2.45, 2.75) is 6.42 Å². The Balaban J connectivity index is 1.52. The van der Waals surface area contributed by atoms with E-state index < -0.39 is 5.97 Å². The average molecular weight is 364 g/mol. The zero-order valence-electron chi connectivity index (χ0n) is 15.0. The number of amides is 1. The Morgan fingerprint density at radius 1 is 1.00 bits per heavy atom. The number of pyridine rings is 1. The summed E-state index contributed by atoms with van der Waals surface area (Å²) in [5.74, 6) is -0.133. The highest BCUT2D eigenvalue weighted by Crippen LogP contribution is 2.22. The number of ether oxygens (including phenoxy) is 2. The monoisotopic (exact) mass is 364 g/mol. The summed E-state index contributed by atoms with van der Waals surface area (Å²) >= 11 is 0. The van der Waals surface area contributed by atoms with Gasteiger partial charge in [0.1, 0.15) is 11.3 Å². The molecule has 3 rings (SSSR count). The minimum atomic E-state index is -0.535. The molecule has 6 nitrogen and oxygen atoms in total. The van der Waals surface area contributed by atoms with E-state index in [1.807, 2.05) is 30.3 Å². The lowest BCUT2D eigenvalue weighted by atomic mass is 10.1. The maximum Gasteiger partial charge on any atom is 0.338 e. The van der Waals surface area contributed by atoms with Gasteiger partial charge < -0.3 is 14.8 Å². The second kappa shape index (κ2) is 8.80. The van der Waals surface area contributed by atoms with E-state index >= 15 is 0 Å². The summed E-state index contributed by atoms with van der Waals surface area (Å²) in [5.41, 5.74) is 1.36. The van der Waals surface area contributed by atoms with E-state index in [0.29, 0.717) is 25.1 Å². The number of methoxy groups -OCH3 is 1. The van der Waals surface area contributed by atoms with E-state index in [1.165, 1.54) is 7.11 Å². The Labute approximate surface area is 157 Å². The van der Waals surface area contributed by atoms with Gasteiger partial charge in [-0.3, -0.25) is 9.78 Å². The molecule has 0 spiro atoms. The summed E-state index contributed by atoms with van der Waals surface area (Å²) in [6.45, 7) is 0.862. The van der Waals surface area contributed by atoms with Crippen molar-refractivity contribution < 1.29 is 19.1 Å². The van der Waals surface area contributed by atoms with Crippen LogP contribution in [0.3, 0.4) is 0 Å². The fourth-order valence-electron chi connectivity index (χ4n) is 2.71. The summed E-state index contributed by atoms with van der Waals surface area (Å²) in [6.07, 6.45) is 2.35. The third-order valence-electron chi connectivity index (χ3n) is 4.04. The first kappa shape index (κ1) is 18.4. The number of benzene rings is 2. The van der Waals surface area contributed by atoms with Crippen molar-refractivity contribution in [2.75, 3.05) is 20.3 Å². The SMILES string of the molecule is COC(=O)c1ccccc1C(=O)NCCCOc1cccc2cccnc12. The van der Waals surface area contributed by atoms with Gasteiger partial charge in [-0.05, 0) is 30.7 Å². The summed E-state index contributed by atoms with van der Waals surface area (Å²) in [5, 5.41) is 3.82. The largest absolute Gasteiger partial charge is 0.491 e. The highest BCUT2D eigenvalue weighted by Gasteiger charge is 2.16. The molecule has 0 atom stereocenters. The lowest BCUT2D eigenvalue weighted by Crippen LogP contribution is -2.27. The highest BCUT2D eigenvalue weighted by molar-refractivity contribution is 6.05. The number of carbonyl (C=O) groups excluding carboxylic acids is 2. The summed E-state index contributed by atoms with van der Waals surface area (Å²) in [4.78, 5) is 28.4. The number of esters is 1. The number of hydrogen-bond donors (Lipinski definition) is 1. The van der Waals surface area contributed by atoms with Crippen molar-refractivity contribution in [3.63, 3.8) is 0 Å². The van der Waals surface area contributed by atoms with Gasteiger partial charge >= 0.3 is 5.97 Å². The molecule has 27 heavy (non-hydrogen) atoms. The number of fused-ring (bicyclic) bond motifs is 1. The first-order valence-electron chi connectivity index (χ1n) is 8.63. The minimum Gasteiger partial charge on any atom is -0.491 e. The van der Waals surface area contributed by atoms with Gasteiger partial charge in [-0.25, -0.2) is 4.79 Å². The van der Waals surface area contributed by atoms with E-state index in [4.69, 9.17) is 9.47 Å². The second-order valence-electron chi connectivity index (χ2n) is 5.83. The summed E-state index contributed by atoms with van der Waals surface area (Å²) in [7, 11) is 1.29. The van der Waals surface area contributed by atoms with Crippen molar-refractivity contribution in [1.82, 2.24) is 10.3 Å². The Hall–Kier alpha value is -3.41. The molecule has 1 N–H and O–H groups in total. The van der Waals surface area contributed by atoms with Crippen molar-refractivity contribution in [1.29, 1.82) is 0 Å². The van der Waals surface area contributed by atoms with Crippen LogP contribution in [0.2, 0.25) is 0 Å². The van der Waals surface area contributed by atoms with E-state index in [9.17, 15) is 9.59 Å². The molecule has 0 unspecified atom stereocenters. The zero-order valence-corrected chi connectivity index (χ0v) is 15.0. The molecule has 1 aromatic heterocycles. The predicted octanol–water partition coefficient (Wildman–Crippen LogP) is 3.22. The van der Waals surface area contributed by atoms with Crippen LogP contribution in [0, 0.1) is 0 Å². The van der Waals surface area contributed by atoms with Gasteiger partial charge in [-0.15, -0.1) is 0 Å². The molecule has 3 aromatic rings. The Kier molecular flexibility index (Phi) is 5.99. The number of carbonyl (C=O) groups is 2.